The first kappa shape index (κ1) is 22.1. The van der Waals surface area contributed by atoms with E-state index in [4.69, 9.17) is 16.3 Å². The lowest BCUT2D eigenvalue weighted by molar-refractivity contribution is -0.112. The van der Waals surface area contributed by atoms with Crippen LogP contribution in [0.5, 0.6) is 5.75 Å². The molecule has 5 heteroatoms. The predicted molar refractivity (Wildman–Crippen MR) is 125 cm³/mol. The number of benzene rings is 3. The molecule has 1 N–H and O–H groups in total. The van der Waals surface area contributed by atoms with Crippen molar-refractivity contribution in [3.8, 4) is 11.8 Å². The molecule has 3 aromatic carbocycles. The van der Waals surface area contributed by atoms with Crippen molar-refractivity contribution in [3.05, 3.63) is 99.1 Å². The van der Waals surface area contributed by atoms with Gasteiger partial charge in [0.1, 0.15) is 24.0 Å². The lowest BCUT2D eigenvalue weighted by Gasteiger charge is -2.09. The van der Waals surface area contributed by atoms with Gasteiger partial charge < -0.3 is 10.1 Å². The molecule has 0 bridgehead atoms. The summed E-state index contributed by atoms with van der Waals surface area (Å²) in [7, 11) is 0. The second-order valence-corrected chi connectivity index (χ2v) is 7.80. The zero-order chi connectivity index (χ0) is 22.4. The van der Waals surface area contributed by atoms with Gasteiger partial charge in [-0.15, -0.1) is 0 Å². The minimum atomic E-state index is -0.483. The maximum Gasteiger partial charge on any atom is 0.266 e. The van der Waals surface area contributed by atoms with Crippen molar-refractivity contribution < 1.29 is 9.53 Å². The molecular formula is C26H23ClN2O2. The summed E-state index contributed by atoms with van der Waals surface area (Å²) in [5.74, 6) is 0.233. The third kappa shape index (κ3) is 5.97. The van der Waals surface area contributed by atoms with Crippen LogP contribution in [-0.4, -0.2) is 5.91 Å². The predicted octanol–water partition coefficient (Wildman–Crippen LogP) is 6.39. The van der Waals surface area contributed by atoms with Crippen molar-refractivity contribution in [2.45, 2.75) is 27.4 Å². The Morgan fingerprint density at radius 1 is 1.06 bits per heavy atom. The molecule has 0 saturated carbocycles. The maximum atomic E-state index is 12.5. The Labute approximate surface area is 187 Å². The summed E-state index contributed by atoms with van der Waals surface area (Å²) in [6, 6.07) is 20.8. The van der Waals surface area contributed by atoms with Crippen LogP contribution in [0.3, 0.4) is 0 Å². The van der Waals surface area contributed by atoms with Crippen LogP contribution in [0.2, 0.25) is 5.02 Å². The number of anilines is 1. The van der Waals surface area contributed by atoms with Crippen molar-refractivity contribution in [3.63, 3.8) is 0 Å². The fraction of sp³-hybridized carbons (Fsp3) is 0.154. The normalized spacial score (nSPS) is 11.0. The highest BCUT2D eigenvalue weighted by atomic mass is 35.5. The average Bonchev–Trinajstić information content (AvgIpc) is 2.74. The molecule has 0 heterocycles. The van der Waals surface area contributed by atoms with E-state index in [2.05, 4.69) is 37.4 Å². The highest BCUT2D eigenvalue weighted by molar-refractivity contribution is 6.31. The first-order chi connectivity index (χ1) is 14.9. The number of amides is 1. The quantitative estimate of drug-likeness (QED) is 0.364. The Morgan fingerprint density at radius 3 is 2.39 bits per heavy atom. The van der Waals surface area contributed by atoms with Crippen LogP contribution in [-0.2, 0) is 11.4 Å². The number of hydrogen-bond acceptors (Lipinski definition) is 3. The van der Waals surface area contributed by atoms with E-state index in [9.17, 15) is 10.1 Å². The number of nitriles is 1. The second kappa shape index (κ2) is 9.97. The molecule has 3 aromatic rings. The molecule has 31 heavy (non-hydrogen) atoms. The van der Waals surface area contributed by atoms with E-state index in [0.717, 1.165) is 16.7 Å². The molecule has 0 unspecified atom stereocenters. The van der Waals surface area contributed by atoms with Crippen LogP contribution in [0.1, 0.15) is 27.8 Å². The Balaban J connectivity index is 1.68. The van der Waals surface area contributed by atoms with Crippen LogP contribution in [0.15, 0.2) is 66.2 Å². The number of rotatable bonds is 6. The first-order valence-electron chi connectivity index (χ1n) is 9.84. The highest BCUT2D eigenvalue weighted by Gasteiger charge is 2.12. The molecule has 0 saturated heterocycles. The number of ether oxygens (including phenoxy) is 1. The third-order valence-electron chi connectivity index (χ3n) is 4.76. The Bertz CT molecular complexity index is 1150. The molecule has 0 fully saturated rings. The van der Waals surface area contributed by atoms with Crippen LogP contribution in [0, 0.1) is 32.1 Å². The summed E-state index contributed by atoms with van der Waals surface area (Å²) in [5, 5.41) is 12.7. The molecular weight excluding hydrogens is 408 g/mol. The standard InChI is InChI=1S/C26H23ClN2O2/c1-17-11-18(2)13-21(12-17)16-31-23-9-7-20(8-10-23)14-22(15-28)26(30)29-25-6-4-5-24(27)19(25)3/h4-14H,16H2,1-3H3,(H,29,30)/b22-14+. The van der Waals surface area contributed by atoms with Gasteiger partial charge in [-0.2, -0.15) is 5.26 Å². The first-order valence-corrected chi connectivity index (χ1v) is 10.2. The van der Waals surface area contributed by atoms with Crippen molar-refractivity contribution in [1.29, 1.82) is 5.26 Å². The SMILES string of the molecule is Cc1cc(C)cc(COc2ccc(/C=C(\C#N)C(=O)Nc3cccc(Cl)c3C)cc2)c1. The van der Waals surface area contributed by atoms with Crippen LogP contribution < -0.4 is 10.1 Å². The van der Waals surface area contributed by atoms with E-state index >= 15 is 0 Å². The van der Waals surface area contributed by atoms with E-state index in [0.29, 0.717) is 23.1 Å². The van der Waals surface area contributed by atoms with Gasteiger partial charge in [0, 0.05) is 10.7 Å². The van der Waals surface area contributed by atoms with E-state index in [1.54, 1.807) is 24.3 Å². The van der Waals surface area contributed by atoms with Gasteiger partial charge in [-0.3, -0.25) is 4.79 Å². The molecule has 0 radical (unpaired) electrons. The van der Waals surface area contributed by atoms with Gasteiger partial charge in [0.25, 0.3) is 5.91 Å². The topological polar surface area (TPSA) is 62.1 Å². The molecule has 4 nitrogen and oxygen atoms in total. The summed E-state index contributed by atoms with van der Waals surface area (Å²) < 4.78 is 5.86. The van der Waals surface area contributed by atoms with Crippen LogP contribution in [0.25, 0.3) is 6.08 Å². The number of nitrogens with one attached hydrogen (secondary N) is 1. The highest BCUT2D eigenvalue weighted by Crippen LogP contribution is 2.24. The van der Waals surface area contributed by atoms with Gasteiger partial charge in [-0.05, 0) is 67.8 Å². The van der Waals surface area contributed by atoms with E-state index in [-0.39, 0.29) is 5.57 Å². The Hall–Kier alpha value is -3.55. The molecule has 0 spiro atoms. The molecule has 0 aliphatic carbocycles. The van der Waals surface area contributed by atoms with Crippen LogP contribution in [0.4, 0.5) is 5.69 Å². The minimum absolute atomic E-state index is 0.00304. The Morgan fingerprint density at radius 2 is 1.74 bits per heavy atom. The second-order valence-electron chi connectivity index (χ2n) is 7.39. The summed E-state index contributed by atoms with van der Waals surface area (Å²) in [4.78, 5) is 12.5. The van der Waals surface area contributed by atoms with E-state index in [1.807, 2.05) is 37.3 Å². The zero-order valence-electron chi connectivity index (χ0n) is 17.7. The van der Waals surface area contributed by atoms with Gasteiger partial charge in [0.05, 0.1) is 0 Å². The van der Waals surface area contributed by atoms with Gasteiger partial charge in [-0.1, -0.05) is 59.1 Å². The number of halogens is 1. The number of hydrogen-bond donors (Lipinski definition) is 1. The number of nitrogens with zero attached hydrogens (tertiary/aromatic N) is 1. The van der Waals surface area contributed by atoms with Crippen LogP contribution >= 0.6 is 11.6 Å². The molecule has 1 amide bonds. The lowest BCUT2D eigenvalue weighted by Crippen LogP contribution is -2.14. The monoisotopic (exact) mass is 430 g/mol. The summed E-state index contributed by atoms with van der Waals surface area (Å²) >= 11 is 6.09. The van der Waals surface area contributed by atoms with E-state index in [1.165, 1.54) is 11.1 Å². The maximum absolute atomic E-state index is 12.5. The zero-order valence-corrected chi connectivity index (χ0v) is 18.5. The Kier molecular flexibility index (Phi) is 7.12. The fourth-order valence-electron chi connectivity index (χ4n) is 3.23. The lowest BCUT2D eigenvalue weighted by atomic mass is 10.1. The number of carbonyl (C=O) groups is 1. The summed E-state index contributed by atoms with van der Waals surface area (Å²) in [6.45, 7) is 6.41. The number of aryl methyl sites for hydroxylation is 2. The van der Waals surface area contributed by atoms with Gasteiger partial charge >= 0.3 is 0 Å². The fourth-order valence-corrected chi connectivity index (χ4v) is 3.40. The molecule has 0 aliphatic rings. The molecule has 156 valence electrons. The molecule has 3 rings (SSSR count). The number of carbonyl (C=O) groups excluding carboxylic acids is 1. The third-order valence-corrected chi connectivity index (χ3v) is 5.17. The molecule has 0 aromatic heterocycles. The average molecular weight is 431 g/mol. The van der Waals surface area contributed by atoms with Gasteiger partial charge in [0.2, 0.25) is 0 Å². The van der Waals surface area contributed by atoms with Crippen molar-refractivity contribution in [2.24, 2.45) is 0 Å². The van der Waals surface area contributed by atoms with Crippen molar-refractivity contribution >= 4 is 29.3 Å². The summed E-state index contributed by atoms with van der Waals surface area (Å²) in [5.41, 5.74) is 5.58. The van der Waals surface area contributed by atoms with Crippen molar-refractivity contribution in [2.75, 3.05) is 5.32 Å². The van der Waals surface area contributed by atoms with Gasteiger partial charge in [0.15, 0.2) is 0 Å². The van der Waals surface area contributed by atoms with Crippen molar-refractivity contribution in [1.82, 2.24) is 0 Å². The minimum Gasteiger partial charge on any atom is -0.489 e. The molecule has 0 atom stereocenters. The van der Waals surface area contributed by atoms with Gasteiger partial charge in [-0.25, -0.2) is 0 Å². The molecule has 0 aliphatic heterocycles. The largest absolute Gasteiger partial charge is 0.489 e. The summed E-state index contributed by atoms with van der Waals surface area (Å²) in [6.07, 6.45) is 1.54. The van der Waals surface area contributed by atoms with E-state index < -0.39 is 5.91 Å². The smallest absolute Gasteiger partial charge is 0.266 e.